The predicted molar refractivity (Wildman–Crippen MR) is 109 cm³/mol. The highest BCUT2D eigenvalue weighted by Gasteiger charge is 2.32. The second-order valence-corrected chi connectivity index (χ2v) is 7.88. The maximum atomic E-state index is 13.3. The lowest BCUT2D eigenvalue weighted by Crippen LogP contribution is -2.56. The number of hydrogen-bond donors (Lipinski definition) is 2. The number of carbonyl (C=O) groups excluding carboxylic acids is 2. The number of phenolic OH excluding ortho intramolecular Hbond substituents is 1. The van der Waals surface area contributed by atoms with Gasteiger partial charge >= 0.3 is 7.48 Å². The highest BCUT2D eigenvalue weighted by atomic mass is 16.5. The van der Waals surface area contributed by atoms with E-state index < -0.39 is 17.4 Å². The Morgan fingerprint density at radius 3 is 2.62 bits per heavy atom. The maximum Gasteiger partial charge on any atom is 0.330 e. The summed E-state index contributed by atoms with van der Waals surface area (Å²) in [6, 6.07) is 8.23. The fourth-order valence-electron chi connectivity index (χ4n) is 3.16. The van der Waals surface area contributed by atoms with Gasteiger partial charge in [-0.2, -0.15) is 0 Å². The molecule has 1 heterocycles. The van der Waals surface area contributed by atoms with Crippen LogP contribution in [0, 0.1) is 6.92 Å². The van der Waals surface area contributed by atoms with E-state index in [0.717, 1.165) is 11.0 Å². The number of ether oxygens (including phenoxy) is 1. The molecule has 2 N–H and O–H groups in total. The first kappa shape index (κ1) is 20.7. The van der Waals surface area contributed by atoms with E-state index in [9.17, 15) is 14.7 Å². The molecule has 1 aliphatic rings. The van der Waals surface area contributed by atoms with Crippen molar-refractivity contribution in [1.82, 2.24) is 10.4 Å². The summed E-state index contributed by atoms with van der Waals surface area (Å²) in [4.78, 5) is 26.2. The monoisotopic (exact) mass is 395 g/mol. The van der Waals surface area contributed by atoms with E-state index in [0.29, 0.717) is 23.5 Å². The summed E-state index contributed by atoms with van der Waals surface area (Å²) < 4.78 is 10.5. The Balaban J connectivity index is 1.94. The zero-order valence-corrected chi connectivity index (χ0v) is 17.2. The lowest BCUT2D eigenvalue weighted by atomic mass is 9.85. The van der Waals surface area contributed by atoms with Gasteiger partial charge in [-0.3, -0.25) is 15.0 Å². The van der Waals surface area contributed by atoms with Crippen LogP contribution in [0.4, 0.5) is 0 Å². The van der Waals surface area contributed by atoms with Crippen LogP contribution in [0.1, 0.15) is 52.6 Å². The van der Waals surface area contributed by atoms with Crippen LogP contribution >= 0.6 is 0 Å². The molecule has 0 unspecified atom stereocenters. The molecule has 8 heteroatoms. The second kappa shape index (κ2) is 7.79. The van der Waals surface area contributed by atoms with E-state index in [4.69, 9.17) is 9.39 Å². The normalized spacial score (nSPS) is 12.7. The third kappa shape index (κ3) is 4.07. The van der Waals surface area contributed by atoms with Gasteiger partial charge in [-0.25, -0.2) is 5.01 Å². The van der Waals surface area contributed by atoms with Crippen molar-refractivity contribution in [2.24, 2.45) is 0 Å². The first-order valence-corrected chi connectivity index (χ1v) is 9.23. The minimum absolute atomic E-state index is 0.0862. The fraction of sp³-hybridized carbons (Fsp3) is 0.333. The Morgan fingerprint density at radius 1 is 1.24 bits per heavy atom. The molecular formula is C21H24BN2O5. The van der Waals surface area contributed by atoms with Crippen molar-refractivity contribution in [1.29, 1.82) is 0 Å². The van der Waals surface area contributed by atoms with Crippen LogP contribution in [0.2, 0.25) is 0 Å². The van der Waals surface area contributed by atoms with Crippen LogP contribution < -0.4 is 15.6 Å². The summed E-state index contributed by atoms with van der Waals surface area (Å²) >= 11 is 0. The van der Waals surface area contributed by atoms with Crippen LogP contribution in [0.5, 0.6) is 11.5 Å². The van der Waals surface area contributed by atoms with Gasteiger partial charge in [-0.15, -0.1) is 0 Å². The number of phenols is 1. The summed E-state index contributed by atoms with van der Waals surface area (Å²) in [5.74, 6) is -0.543. The minimum atomic E-state index is -0.745. The number of fused-ring (bicyclic) bond motifs is 1. The molecule has 2 aromatic carbocycles. The van der Waals surface area contributed by atoms with Crippen molar-refractivity contribution in [2.45, 2.75) is 39.8 Å². The maximum absolute atomic E-state index is 13.3. The molecule has 0 saturated heterocycles. The Morgan fingerprint density at radius 2 is 1.97 bits per heavy atom. The zero-order valence-electron chi connectivity index (χ0n) is 17.2. The molecule has 29 heavy (non-hydrogen) atoms. The van der Waals surface area contributed by atoms with E-state index in [1.54, 1.807) is 59.4 Å². The van der Waals surface area contributed by atoms with E-state index >= 15 is 0 Å². The van der Waals surface area contributed by atoms with Gasteiger partial charge in [-0.05, 0) is 63.0 Å². The number of hydrogen-bond acceptors (Lipinski definition) is 5. The number of amides is 2. The van der Waals surface area contributed by atoms with E-state index in [1.165, 1.54) is 18.2 Å². The van der Waals surface area contributed by atoms with Gasteiger partial charge in [-0.1, -0.05) is 6.07 Å². The van der Waals surface area contributed by atoms with Gasteiger partial charge in [0.25, 0.3) is 11.8 Å². The van der Waals surface area contributed by atoms with E-state index in [1.807, 2.05) is 0 Å². The number of methoxy groups -OCH3 is 1. The summed E-state index contributed by atoms with van der Waals surface area (Å²) in [7, 11) is 3.08. The van der Waals surface area contributed by atoms with Crippen molar-refractivity contribution in [3.63, 3.8) is 0 Å². The molecular weight excluding hydrogens is 371 g/mol. The van der Waals surface area contributed by atoms with Gasteiger partial charge in [0.05, 0.1) is 24.8 Å². The summed E-state index contributed by atoms with van der Waals surface area (Å²) in [5, 5.41) is 11.6. The summed E-state index contributed by atoms with van der Waals surface area (Å²) in [6.45, 7) is 7.52. The van der Waals surface area contributed by atoms with Crippen LogP contribution in [-0.4, -0.2) is 42.1 Å². The Hall–Kier alpha value is -3.00. The third-order valence-corrected chi connectivity index (χ3v) is 4.77. The van der Waals surface area contributed by atoms with Gasteiger partial charge in [0, 0.05) is 11.1 Å². The van der Waals surface area contributed by atoms with Gasteiger partial charge in [0.15, 0.2) is 0 Å². The quantitative estimate of drug-likeness (QED) is 0.614. The molecule has 1 radical (unpaired) electrons. The highest BCUT2D eigenvalue weighted by Crippen LogP contribution is 2.25. The fourth-order valence-corrected chi connectivity index (χ4v) is 3.16. The molecule has 0 bridgehead atoms. The Kier molecular flexibility index (Phi) is 5.57. The lowest BCUT2D eigenvalue weighted by Gasteiger charge is -2.35. The predicted octanol–water partition coefficient (Wildman–Crippen LogP) is 2.07. The third-order valence-electron chi connectivity index (χ3n) is 4.77. The van der Waals surface area contributed by atoms with E-state index in [2.05, 4.69) is 5.43 Å². The molecule has 7 nitrogen and oxygen atoms in total. The van der Waals surface area contributed by atoms with Crippen molar-refractivity contribution in [2.75, 3.05) is 7.11 Å². The average Bonchev–Trinajstić information content (AvgIpc) is 3.11. The first-order chi connectivity index (χ1) is 13.6. The van der Waals surface area contributed by atoms with Gasteiger partial charge in [0.2, 0.25) is 0 Å². The topological polar surface area (TPSA) is 88.1 Å². The largest absolute Gasteiger partial charge is 0.507 e. The molecule has 0 aliphatic carbocycles. The lowest BCUT2D eigenvalue weighted by molar-refractivity contribution is 0.0356. The smallest absolute Gasteiger partial charge is 0.330 e. The number of carbonyl (C=O) groups is 2. The Bertz CT molecular complexity index is 968. The molecule has 2 amide bonds. The number of hydrazine groups is 1. The summed E-state index contributed by atoms with van der Waals surface area (Å²) in [6.07, 6.45) is 0. The molecule has 0 spiro atoms. The van der Waals surface area contributed by atoms with Crippen LogP contribution in [0.25, 0.3) is 0 Å². The van der Waals surface area contributed by atoms with Crippen molar-refractivity contribution < 1.29 is 24.1 Å². The number of rotatable bonds is 3. The number of benzene rings is 2. The number of aromatic hydroxyl groups is 1. The minimum Gasteiger partial charge on any atom is -0.507 e. The molecule has 151 valence electrons. The highest BCUT2D eigenvalue weighted by molar-refractivity contribution is 6.49. The standard InChI is InChI=1S/C21H24BN2O5/c1-12-14(7-6-8-18(12)28-5)19(26)23-24(21(2,3)4)20(27)15-10-16-13(9-17(15)25)11-29-22-16/h6-10,25H,11H2,1-5H3,(H,23,26). The molecule has 2 aromatic rings. The molecule has 0 atom stereocenters. The zero-order chi connectivity index (χ0) is 21.3. The van der Waals surface area contributed by atoms with Crippen molar-refractivity contribution in [3.8, 4) is 11.5 Å². The Labute approximate surface area is 170 Å². The second-order valence-electron chi connectivity index (χ2n) is 7.88. The van der Waals surface area contributed by atoms with Crippen molar-refractivity contribution >= 4 is 24.8 Å². The van der Waals surface area contributed by atoms with Crippen LogP contribution in [0.3, 0.4) is 0 Å². The molecule has 3 rings (SSSR count). The van der Waals surface area contributed by atoms with Crippen LogP contribution in [0.15, 0.2) is 30.3 Å². The first-order valence-electron chi connectivity index (χ1n) is 9.23. The average molecular weight is 395 g/mol. The molecule has 0 fully saturated rings. The van der Waals surface area contributed by atoms with Crippen molar-refractivity contribution in [3.05, 3.63) is 52.6 Å². The van der Waals surface area contributed by atoms with Gasteiger partial charge in [0.1, 0.15) is 11.5 Å². The van der Waals surface area contributed by atoms with Crippen LogP contribution in [-0.2, 0) is 11.3 Å². The van der Waals surface area contributed by atoms with Gasteiger partial charge < -0.3 is 14.5 Å². The number of nitrogens with one attached hydrogen (secondary N) is 1. The summed E-state index contributed by atoms with van der Waals surface area (Å²) in [5.41, 5.74) is 4.63. The molecule has 0 aromatic heterocycles. The number of nitrogens with zero attached hydrogens (tertiary/aromatic N) is 1. The SMILES string of the molecule is COc1cccc(C(=O)NN(C(=O)c2cc3c(cc2O)CO[B]3)C(C)(C)C)c1C. The van der Waals surface area contributed by atoms with E-state index in [-0.39, 0.29) is 11.3 Å². The molecule has 1 aliphatic heterocycles. The molecule has 0 saturated carbocycles.